The van der Waals surface area contributed by atoms with Gasteiger partial charge in [-0.3, -0.25) is 14.4 Å². The van der Waals surface area contributed by atoms with Crippen LogP contribution in [0.2, 0.25) is 0 Å². The first-order chi connectivity index (χ1) is 10.8. The second-order valence-corrected chi connectivity index (χ2v) is 4.70. The average Bonchev–Trinajstić information content (AvgIpc) is 2.42. The Morgan fingerprint density at radius 3 is 2.00 bits per heavy atom. The Morgan fingerprint density at radius 1 is 1.04 bits per heavy atom. The largest absolute Gasteiger partial charge is 0.456 e. The predicted molar refractivity (Wildman–Crippen MR) is 71.6 cm³/mol. The molecule has 0 aromatic rings. The number of hydrogen-bond donors (Lipinski definition) is 1. The highest BCUT2D eigenvalue weighted by atomic mass is 16.7. The Bertz CT molecular complexity index is 518. The normalized spacial score (nSPS) is 29.8. The number of aliphatic hydroxyl groups excluding tert-OH is 1. The molecule has 1 aliphatic rings. The van der Waals surface area contributed by atoms with Crippen molar-refractivity contribution in [2.75, 3.05) is 6.54 Å². The highest BCUT2D eigenvalue weighted by Crippen LogP contribution is 2.28. The second kappa shape index (κ2) is 8.32. The summed E-state index contributed by atoms with van der Waals surface area (Å²) in [4.78, 5) is 36.3. The van der Waals surface area contributed by atoms with Gasteiger partial charge in [-0.25, -0.2) is 0 Å². The van der Waals surface area contributed by atoms with E-state index >= 15 is 0 Å². The minimum atomic E-state index is -1.66. The molecule has 1 N–H and O–H groups in total. The van der Waals surface area contributed by atoms with Gasteiger partial charge < -0.3 is 24.1 Å². The molecule has 0 saturated carbocycles. The molecule has 0 spiro atoms. The van der Waals surface area contributed by atoms with Crippen molar-refractivity contribution < 1.29 is 38.4 Å². The van der Waals surface area contributed by atoms with Crippen molar-refractivity contribution in [1.82, 2.24) is 0 Å². The van der Waals surface area contributed by atoms with Crippen LogP contribution >= 0.6 is 0 Å². The van der Waals surface area contributed by atoms with Crippen LogP contribution in [-0.4, -0.2) is 60.3 Å². The zero-order chi connectivity index (χ0) is 17.6. The molecule has 0 bridgehead atoms. The lowest BCUT2D eigenvalue weighted by Crippen LogP contribution is -2.61. The summed E-state index contributed by atoms with van der Waals surface area (Å²) in [5, 5.41) is 13.2. The van der Waals surface area contributed by atoms with Crippen LogP contribution in [-0.2, 0) is 33.3 Å². The maximum atomic E-state index is 11.3. The minimum Gasteiger partial charge on any atom is -0.456 e. The third kappa shape index (κ3) is 5.40. The van der Waals surface area contributed by atoms with Crippen molar-refractivity contribution in [3.05, 3.63) is 10.4 Å². The Labute approximate surface area is 131 Å². The fourth-order valence-corrected chi connectivity index (χ4v) is 2.14. The smallest absolute Gasteiger partial charge is 0.303 e. The summed E-state index contributed by atoms with van der Waals surface area (Å²) in [6.07, 6.45) is -6.68. The highest BCUT2D eigenvalue weighted by Gasteiger charge is 2.51. The Morgan fingerprint density at radius 2 is 1.52 bits per heavy atom. The van der Waals surface area contributed by atoms with Crippen molar-refractivity contribution in [2.24, 2.45) is 5.11 Å². The summed E-state index contributed by atoms with van der Waals surface area (Å²) < 4.78 is 20.1. The first-order valence-corrected chi connectivity index (χ1v) is 6.62. The molecule has 0 aromatic carbocycles. The minimum absolute atomic E-state index is 0.296. The molecule has 5 unspecified atom stereocenters. The fourth-order valence-electron chi connectivity index (χ4n) is 2.14. The third-order valence-corrected chi connectivity index (χ3v) is 2.84. The van der Waals surface area contributed by atoms with Gasteiger partial charge in [0, 0.05) is 25.7 Å². The zero-order valence-corrected chi connectivity index (χ0v) is 12.7. The van der Waals surface area contributed by atoms with E-state index in [-0.39, 0.29) is 6.54 Å². The molecule has 5 atom stereocenters. The Balaban J connectivity index is 3.15. The fraction of sp³-hybridized carbons (Fsp3) is 0.750. The molecule has 1 fully saturated rings. The second-order valence-electron chi connectivity index (χ2n) is 4.70. The number of azide groups is 1. The molecule has 0 aromatic heterocycles. The van der Waals surface area contributed by atoms with E-state index in [1.54, 1.807) is 0 Å². The van der Waals surface area contributed by atoms with Crippen LogP contribution in [0, 0.1) is 0 Å². The topological polar surface area (TPSA) is 157 Å². The first-order valence-electron chi connectivity index (χ1n) is 6.62. The molecular formula is C12H17N3O8. The van der Waals surface area contributed by atoms with E-state index in [1.807, 2.05) is 0 Å². The number of esters is 3. The van der Waals surface area contributed by atoms with Crippen LogP contribution in [0.25, 0.3) is 10.4 Å². The zero-order valence-electron chi connectivity index (χ0n) is 12.7. The molecule has 1 rings (SSSR count). The molecule has 128 valence electrons. The van der Waals surface area contributed by atoms with E-state index in [0.29, 0.717) is 0 Å². The number of carbonyl (C=O) groups excluding carboxylic acids is 3. The van der Waals surface area contributed by atoms with Crippen molar-refractivity contribution in [3.8, 4) is 0 Å². The quantitative estimate of drug-likeness (QED) is 0.239. The summed E-state index contributed by atoms with van der Waals surface area (Å²) >= 11 is 0. The lowest BCUT2D eigenvalue weighted by Gasteiger charge is -2.42. The molecule has 11 nitrogen and oxygen atoms in total. The van der Waals surface area contributed by atoms with Crippen LogP contribution in [0.4, 0.5) is 0 Å². The van der Waals surface area contributed by atoms with E-state index in [9.17, 15) is 19.5 Å². The number of aliphatic hydroxyl groups is 1. The third-order valence-electron chi connectivity index (χ3n) is 2.84. The Kier molecular flexibility index (Phi) is 6.76. The average molecular weight is 331 g/mol. The van der Waals surface area contributed by atoms with Gasteiger partial charge in [-0.05, 0) is 5.53 Å². The summed E-state index contributed by atoms with van der Waals surface area (Å²) in [6.45, 7) is 3.00. The van der Waals surface area contributed by atoms with Crippen molar-refractivity contribution >= 4 is 17.9 Å². The van der Waals surface area contributed by atoms with Crippen LogP contribution < -0.4 is 0 Å². The summed E-state index contributed by atoms with van der Waals surface area (Å²) in [7, 11) is 0. The van der Waals surface area contributed by atoms with E-state index in [4.69, 9.17) is 24.5 Å². The van der Waals surface area contributed by atoms with E-state index in [2.05, 4.69) is 10.0 Å². The van der Waals surface area contributed by atoms with Crippen LogP contribution in [0.5, 0.6) is 0 Å². The van der Waals surface area contributed by atoms with Crippen LogP contribution in [0.3, 0.4) is 0 Å². The van der Waals surface area contributed by atoms with Gasteiger partial charge in [0.05, 0.1) is 6.54 Å². The molecule has 0 radical (unpaired) electrons. The number of rotatable bonds is 5. The predicted octanol–water partition coefficient (Wildman–Crippen LogP) is -0.191. The SMILES string of the molecule is CC(=O)OC1C(O)OC(CN=[N+]=[N-])C(OC(C)=O)C1OC(C)=O. The number of nitrogens with zero attached hydrogens (tertiary/aromatic N) is 3. The molecule has 0 aliphatic carbocycles. The van der Waals surface area contributed by atoms with Gasteiger partial charge in [0.2, 0.25) is 0 Å². The molecule has 23 heavy (non-hydrogen) atoms. The summed E-state index contributed by atoms with van der Waals surface area (Å²) in [6, 6.07) is 0. The summed E-state index contributed by atoms with van der Waals surface area (Å²) in [5.41, 5.74) is 8.39. The number of carbonyl (C=O) groups is 3. The Hall–Kier alpha value is -2.36. The van der Waals surface area contributed by atoms with Crippen LogP contribution in [0.15, 0.2) is 5.11 Å². The number of ether oxygens (including phenoxy) is 4. The first kappa shape index (κ1) is 18.7. The maximum absolute atomic E-state index is 11.3. The van der Waals surface area contributed by atoms with Gasteiger partial charge in [-0.15, -0.1) is 0 Å². The molecular weight excluding hydrogens is 314 g/mol. The molecule has 11 heteroatoms. The molecule has 0 amide bonds. The summed E-state index contributed by atoms with van der Waals surface area (Å²) in [5.74, 6) is -2.23. The van der Waals surface area contributed by atoms with Crippen LogP contribution in [0.1, 0.15) is 20.8 Å². The maximum Gasteiger partial charge on any atom is 0.303 e. The standard InChI is InChI=1S/C12H17N3O8/c1-5(16)20-9-8(4-14-15-13)23-12(19)11(22-7(3)18)10(9)21-6(2)17/h8-12,19H,4H2,1-3H3. The van der Waals surface area contributed by atoms with Crippen molar-refractivity contribution in [2.45, 2.75) is 51.5 Å². The van der Waals surface area contributed by atoms with Gasteiger partial charge in [0.1, 0.15) is 6.10 Å². The van der Waals surface area contributed by atoms with Crippen molar-refractivity contribution in [3.63, 3.8) is 0 Å². The molecule has 1 aliphatic heterocycles. The monoisotopic (exact) mass is 331 g/mol. The molecule has 1 heterocycles. The number of hydrogen-bond acceptors (Lipinski definition) is 9. The lowest BCUT2D eigenvalue weighted by molar-refractivity contribution is -0.289. The van der Waals surface area contributed by atoms with E-state index in [0.717, 1.165) is 20.8 Å². The van der Waals surface area contributed by atoms with Gasteiger partial charge in [-0.2, -0.15) is 0 Å². The highest BCUT2D eigenvalue weighted by molar-refractivity contribution is 5.68. The van der Waals surface area contributed by atoms with Gasteiger partial charge >= 0.3 is 17.9 Å². The van der Waals surface area contributed by atoms with Gasteiger partial charge in [0.15, 0.2) is 24.6 Å². The molecule has 1 saturated heterocycles. The van der Waals surface area contributed by atoms with Gasteiger partial charge in [0.25, 0.3) is 0 Å². The van der Waals surface area contributed by atoms with E-state index < -0.39 is 48.6 Å². The van der Waals surface area contributed by atoms with Gasteiger partial charge in [-0.1, -0.05) is 5.11 Å². The lowest BCUT2D eigenvalue weighted by atomic mass is 9.98. The van der Waals surface area contributed by atoms with E-state index in [1.165, 1.54) is 0 Å². The van der Waals surface area contributed by atoms with Crippen molar-refractivity contribution in [1.29, 1.82) is 0 Å².